The molecule has 0 aliphatic rings. The summed E-state index contributed by atoms with van der Waals surface area (Å²) < 4.78 is 11.6. The molecule has 0 bridgehead atoms. The minimum absolute atomic E-state index is 0.0718. The summed E-state index contributed by atoms with van der Waals surface area (Å²) in [6, 6.07) is 0. The van der Waals surface area contributed by atoms with Gasteiger partial charge in [-0.3, -0.25) is 0 Å². The summed E-state index contributed by atoms with van der Waals surface area (Å²) in [5, 5.41) is 5.10. The molecule has 0 saturated carbocycles. The minimum atomic E-state index is -0.752. The molecule has 7 heavy (non-hydrogen) atoms. The molecule has 0 spiro atoms. The van der Waals surface area contributed by atoms with E-state index in [9.17, 15) is 4.39 Å². The number of aromatic amines is 1. The van der Waals surface area contributed by atoms with Crippen molar-refractivity contribution in [2.45, 2.75) is 0 Å². The van der Waals surface area contributed by atoms with Crippen LogP contribution in [0, 0.1) is 6.08 Å². The van der Waals surface area contributed by atoms with Crippen LogP contribution in [0.1, 0.15) is 0 Å². The van der Waals surface area contributed by atoms with Crippen LogP contribution in [0.3, 0.4) is 0 Å². The summed E-state index contributed by atoms with van der Waals surface area (Å²) in [6.07, 6.45) is -0.752. The number of rotatable bonds is 0. The lowest BCUT2D eigenvalue weighted by Crippen LogP contribution is -1.84. The van der Waals surface area contributed by atoms with E-state index in [1.165, 1.54) is 0 Å². The van der Waals surface area contributed by atoms with E-state index in [2.05, 4.69) is 10.1 Å². The van der Waals surface area contributed by atoms with Crippen molar-refractivity contribution in [3.63, 3.8) is 0 Å². The lowest BCUT2D eigenvalue weighted by Gasteiger charge is -1.65. The second-order valence-corrected chi connectivity index (χ2v) is 0.984. The Morgan fingerprint density at radius 1 is 1.71 bits per heavy atom. The van der Waals surface area contributed by atoms with E-state index >= 15 is 0 Å². The molecule has 0 atom stereocenters. The summed E-state index contributed by atoms with van der Waals surface area (Å²) in [6.45, 7) is 0. The zero-order valence-corrected chi connectivity index (χ0v) is 3.35. The number of anilines is 1. The predicted octanol–water partition coefficient (Wildman–Crippen LogP) is -0.474. The van der Waals surface area contributed by atoms with Gasteiger partial charge in [0, 0.05) is 0 Å². The van der Waals surface area contributed by atoms with Crippen molar-refractivity contribution >= 4 is 5.95 Å². The van der Waals surface area contributed by atoms with Gasteiger partial charge in [-0.25, -0.2) is 5.10 Å². The van der Waals surface area contributed by atoms with E-state index in [1.54, 1.807) is 0 Å². The van der Waals surface area contributed by atoms with Gasteiger partial charge in [0.15, 0.2) is 0 Å². The second-order valence-electron chi connectivity index (χ2n) is 0.984. The molecule has 0 aromatic carbocycles. The second kappa shape index (κ2) is 1.18. The zero-order valence-electron chi connectivity index (χ0n) is 3.35. The number of hydrogen-bond donors (Lipinski definition) is 2. The molecule has 4 nitrogen and oxygen atoms in total. The Morgan fingerprint density at radius 2 is 2.43 bits per heavy atom. The van der Waals surface area contributed by atoms with Crippen molar-refractivity contribution in [1.29, 1.82) is 0 Å². The first kappa shape index (κ1) is 4.04. The number of nitrogens with one attached hydrogen (secondary N) is 1. The van der Waals surface area contributed by atoms with E-state index < -0.39 is 6.08 Å². The summed E-state index contributed by atoms with van der Waals surface area (Å²) in [7, 11) is 0. The SMILES string of the molecule is Nc1n[nH]c(F)n1. The maximum absolute atomic E-state index is 11.6. The van der Waals surface area contributed by atoms with Crippen LogP contribution in [0.2, 0.25) is 0 Å². The average molecular weight is 102 g/mol. The highest BCUT2D eigenvalue weighted by Crippen LogP contribution is 1.86. The van der Waals surface area contributed by atoms with Gasteiger partial charge in [-0.1, -0.05) is 0 Å². The molecule has 38 valence electrons. The molecular weight excluding hydrogens is 99.0 g/mol. The molecule has 0 aliphatic heterocycles. The standard InChI is InChI=1S/C2H3FN4/c3-1-5-2(4)7-6-1/h(H3,4,5,6,7). The first-order valence-corrected chi connectivity index (χ1v) is 1.62. The Morgan fingerprint density at radius 3 is 2.57 bits per heavy atom. The number of hydrogen-bond acceptors (Lipinski definition) is 3. The van der Waals surface area contributed by atoms with Crippen LogP contribution in [0.4, 0.5) is 10.3 Å². The summed E-state index contributed by atoms with van der Waals surface area (Å²) >= 11 is 0. The predicted molar refractivity (Wildman–Crippen MR) is 20.8 cm³/mol. The quantitative estimate of drug-likeness (QED) is 0.465. The molecule has 5 heteroatoms. The van der Waals surface area contributed by atoms with Crippen molar-refractivity contribution in [2.24, 2.45) is 0 Å². The first-order valence-electron chi connectivity index (χ1n) is 1.62. The van der Waals surface area contributed by atoms with Crippen LogP contribution in [0.15, 0.2) is 0 Å². The van der Waals surface area contributed by atoms with Crippen LogP contribution >= 0.6 is 0 Å². The normalized spacial score (nSPS) is 9.29. The number of nitrogens with two attached hydrogens (primary N) is 1. The lowest BCUT2D eigenvalue weighted by molar-refractivity contribution is 0.544. The number of nitrogen functional groups attached to an aromatic ring is 1. The maximum atomic E-state index is 11.6. The van der Waals surface area contributed by atoms with Gasteiger partial charge in [-0.15, -0.1) is 5.10 Å². The van der Waals surface area contributed by atoms with Gasteiger partial charge in [-0.05, 0) is 0 Å². The fraction of sp³-hybridized carbons (Fsp3) is 0. The van der Waals surface area contributed by atoms with Gasteiger partial charge in [0.05, 0.1) is 0 Å². The van der Waals surface area contributed by atoms with Crippen molar-refractivity contribution in [2.75, 3.05) is 5.73 Å². The molecule has 3 N–H and O–H groups in total. The van der Waals surface area contributed by atoms with E-state index in [-0.39, 0.29) is 5.95 Å². The smallest absolute Gasteiger partial charge is 0.306 e. The van der Waals surface area contributed by atoms with Crippen LogP contribution < -0.4 is 5.73 Å². The number of halogens is 1. The first-order chi connectivity index (χ1) is 3.29. The van der Waals surface area contributed by atoms with Gasteiger partial charge >= 0.3 is 6.08 Å². The van der Waals surface area contributed by atoms with E-state index in [0.29, 0.717) is 0 Å². The van der Waals surface area contributed by atoms with Crippen LogP contribution in [0.25, 0.3) is 0 Å². The van der Waals surface area contributed by atoms with E-state index in [4.69, 9.17) is 5.73 Å². The van der Waals surface area contributed by atoms with E-state index in [0.717, 1.165) is 0 Å². The molecule has 0 fully saturated rings. The van der Waals surface area contributed by atoms with Crippen LogP contribution in [-0.4, -0.2) is 15.2 Å². The Balaban J connectivity index is 3.04. The molecule has 0 radical (unpaired) electrons. The molecule has 1 heterocycles. The monoisotopic (exact) mass is 102 g/mol. The molecule has 0 saturated heterocycles. The van der Waals surface area contributed by atoms with Crippen molar-refractivity contribution in [3.8, 4) is 0 Å². The Labute approximate surface area is 38.6 Å². The highest BCUT2D eigenvalue weighted by atomic mass is 19.1. The fourth-order valence-corrected chi connectivity index (χ4v) is 0.254. The molecule has 1 aromatic rings. The largest absolute Gasteiger partial charge is 0.366 e. The van der Waals surface area contributed by atoms with Gasteiger partial charge in [0.25, 0.3) is 0 Å². The summed E-state index contributed by atoms with van der Waals surface area (Å²) in [4.78, 5) is 3.06. The minimum Gasteiger partial charge on any atom is -0.366 e. The fourth-order valence-electron chi connectivity index (χ4n) is 0.254. The Kier molecular flexibility index (Phi) is 0.680. The van der Waals surface area contributed by atoms with Gasteiger partial charge in [0.2, 0.25) is 5.95 Å². The molecule has 1 aromatic heterocycles. The highest BCUT2D eigenvalue weighted by molar-refractivity contribution is 5.08. The Hall–Kier alpha value is -1.13. The molecule has 1 rings (SSSR count). The van der Waals surface area contributed by atoms with Gasteiger partial charge < -0.3 is 5.73 Å². The number of nitrogens with zero attached hydrogens (tertiary/aromatic N) is 2. The zero-order chi connectivity index (χ0) is 5.28. The Bertz CT molecular complexity index is 142. The molecule has 0 amide bonds. The summed E-state index contributed by atoms with van der Waals surface area (Å²) in [5.74, 6) is -0.0718. The van der Waals surface area contributed by atoms with Crippen molar-refractivity contribution in [3.05, 3.63) is 6.08 Å². The molecule has 0 unspecified atom stereocenters. The number of aromatic nitrogens is 3. The molecular formula is C2H3FN4. The highest BCUT2D eigenvalue weighted by Gasteiger charge is 1.91. The van der Waals surface area contributed by atoms with Crippen LogP contribution in [0.5, 0.6) is 0 Å². The van der Waals surface area contributed by atoms with Crippen molar-refractivity contribution < 1.29 is 4.39 Å². The topological polar surface area (TPSA) is 67.6 Å². The number of H-pyrrole nitrogens is 1. The van der Waals surface area contributed by atoms with Crippen molar-refractivity contribution in [1.82, 2.24) is 15.2 Å². The third kappa shape index (κ3) is 0.648. The van der Waals surface area contributed by atoms with E-state index in [1.807, 2.05) is 5.10 Å². The third-order valence-electron chi connectivity index (χ3n) is 0.475. The summed E-state index contributed by atoms with van der Waals surface area (Å²) in [5.41, 5.74) is 4.89. The van der Waals surface area contributed by atoms with Gasteiger partial charge in [-0.2, -0.15) is 9.37 Å². The third-order valence-corrected chi connectivity index (χ3v) is 0.475. The maximum Gasteiger partial charge on any atom is 0.306 e. The van der Waals surface area contributed by atoms with Crippen LogP contribution in [-0.2, 0) is 0 Å². The van der Waals surface area contributed by atoms with Gasteiger partial charge in [0.1, 0.15) is 0 Å². The lowest BCUT2D eigenvalue weighted by atomic mass is 11.1. The molecule has 0 aliphatic carbocycles. The average Bonchev–Trinajstić information content (AvgIpc) is 1.87.